The second-order valence-electron chi connectivity index (χ2n) is 5.86. The third-order valence-electron chi connectivity index (χ3n) is 3.61. The van der Waals surface area contributed by atoms with Crippen molar-refractivity contribution in [3.05, 3.63) is 28.8 Å². The van der Waals surface area contributed by atoms with Gasteiger partial charge < -0.3 is 5.32 Å². The highest BCUT2D eigenvalue weighted by atomic mass is 35.5. The molecule has 0 bridgehead atoms. The van der Waals surface area contributed by atoms with Crippen molar-refractivity contribution in [3.8, 4) is 0 Å². The maximum Gasteiger partial charge on any atom is 0.243 e. The van der Waals surface area contributed by atoms with Crippen LogP contribution >= 0.6 is 11.6 Å². The van der Waals surface area contributed by atoms with Crippen LogP contribution in [0, 0.1) is 6.92 Å². The number of nitrogens with one attached hydrogen (secondary N) is 1. The van der Waals surface area contributed by atoms with Gasteiger partial charge in [0, 0.05) is 11.1 Å². The number of amides is 1. The lowest BCUT2D eigenvalue weighted by atomic mass is 10.1. The van der Waals surface area contributed by atoms with E-state index < -0.39 is 16.1 Å². The van der Waals surface area contributed by atoms with Crippen LogP contribution in [-0.2, 0) is 14.8 Å². The van der Waals surface area contributed by atoms with Crippen molar-refractivity contribution < 1.29 is 13.2 Å². The molecule has 1 N–H and O–H groups in total. The molecule has 0 aliphatic carbocycles. The quantitative estimate of drug-likeness (QED) is 0.812. The van der Waals surface area contributed by atoms with Gasteiger partial charge in [0.2, 0.25) is 15.9 Å². The van der Waals surface area contributed by atoms with Gasteiger partial charge in [-0.05, 0) is 44.9 Å². The van der Waals surface area contributed by atoms with Crippen molar-refractivity contribution in [2.75, 3.05) is 10.6 Å². The number of anilines is 1. The van der Waals surface area contributed by atoms with Crippen LogP contribution in [0.1, 0.15) is 39.2 Å². The van der Waals surface area contributed by atoms with Gasteiger partial charge >= 0.3 is 0 Å². The van der Waals surface area contributed by atoms with E-state index in [0.717, 1.165) is 29.0 Å². The predicted molar refractivity (Wildman–Crippen MR) is 95.5 cm³/mol. The number of aryl methyl sites for hydroxylation is 1. The van der Waals surface area contributed by atoms with Crippen molar-refractivity contribution in [3.63, 3.8) is 0 Å². The number of halogens is 1. The zero-order valence-electron chi connectivity index (χ0n) is 14.3. The van der Waals surface area contributed by atoms with Crippen LogP contribution in [0.3, 0.4) is 0 Å². The van der Waals surface area contributed by atoms with Crippen LogP contribution in [0.25, 0.3) is 0 Å². The molecule has 1 aromatic carbocycles. The summed E-state index contributed by atoms with van der Waals surface area (Å²) >= 11 is 6.00. The Kier molecular flexibility index (Phi) is 6.89. The molecule has 0 spiro atoms. The van der Waals surface area contributed by atoms with E-state index in [9.17, 15) is 13.2 Å². The minimum atomic E-state index is -3.64. The largest absolute Gasteiger partial charge is 0.352 e. The molecule has 0 heterocycles. The smallest absolute Gasteiger partial charge is 0.243 e. The number of hydrogen-bond donors (Lipinski definition) is 1. The number of nitrogens with zero attached hydrogens (tertiary/aromatic N) is 1. The monoisotopic (exact) mass is 360 g/mol. The number of carbonyl (C=O) groups excluding carboxylic acids is 1. The van der Waals surface area contributed by atoms with Crippen molar-refractivity contribution in [1.82, 2.24) is 5.32 Å². The molecule has 1 rings (SSSR count). The lowest BCUT2D eigenvalue weighted by Crippen LogP contribution is -2.50. The van der Waals surface area contributed by atoms with E-state index in [2.05, 4.69) is 5.32 Å². The fourth-order valence-corrected chi connectivity index (χ4v) is 3.86. The highest BCUT2D eigenvalue weighted by Crippen LogP contribution is 2.28. The molecule has 23 heavy (non-hydrogen) atoms. The Labute approximate surface area is 144 Å². The van der Waals surface area contributed by atoms with Crippen LogP contribution in [0.4, 0.5) is 5.69 Å². The molecule has 0 fully saturated rings. The first-order chi connectivity index (χ1) is 10.6. The summed E-state index contributed by atoms with van der Waals surface area (Å²) in [5, 5.41) is 3.28. The summed E-state index contributed by atoms with van der Waals surface area (Å²) in [7, 11) is -3.64. The van der Waals surface area contributed by atoms with Crippen LogP contribution in [0.15, 0.2) is 18.2 Å². The van der Waals surface area contributed by atoms with Crippen LogP contribution in [-0.4, -0.2) is 32.7 Å². The summed E-state index contributed by atoms with van der Waals surface area (Å²) in [6, 6.07) is 4.13. The fourth-order valence-electron chi connectivity index (χ4n) is 2.47. The second-order valence-corrected chi connectivity index (χ2v) is 8.16. The first-order valence-corrected chi connectivity index (χ1v) is 9.86. The van der Waals surface area contributed by atoms with Gasteiger partial charge in [-0.25, -0.2) is 8.42 Å². The van der Waals surface area contributed by atoms with Gasteiger partial charge in [-0.3, -0.25) is 9.10 Å². The van der Waals surface area contributed by atoms with Gasteiger partial charge in [0.25, 0.3) is 0 Å². The molecule has 0 aliphatic heterocycles. The molecule has 0 radical (unpaired) electrons. The van der Waals surface area contributed by atoms with Gasteiger partial charge in [-0.15, -0.1) is 0 Å². The normalized spacial score (nSPS) is 14.2. The SMILES string of the molecule is CCC[C@H](C)NC(=O)[C@@H](C)N(c1cc(Cl)ccc1C)S(C)(=O)=O. The summed E-state index contributed by atoms with van der Waals surface area (Å²) in [4.78, 5) is 12.4. The Morgan fingerprint density at radius 1 is 1.35 bits per heavy atom. The van der Waals surface area contributed by atoms with E-state index in [0.29, 0.717) is 10.7 Å². The lowest BCUT2D eigenvalue weighted by Gasteiger charge is -2.30. The van der Waals surface area contributed by atoms with Crippen molar-refractivity contribution >= 4 is 33.2 Å². The maximum absolute atomic E-state index is 12.4. The molecule has 7 heteroatoms. The Bertz CT molecular complexity index is 661. The van der Waals surface area contributed by atoms with Gasteiger partial charge in [0.05, 0.1) is 11.9 Å². The molecule has 0 aliphatic rings. The average molecular weight is 361 g/mol. The van der Waals surface area contributed by atoms with Gasteiger partial charge in [-0.2, -0.15) is 0 Å². The Morgan fingerprint density at radius 2 is 1.96 bits per heavy atom. The van der Waals surface area contributed by atoms with E-state index in [-0.39, 0.29) is 11.9 Å². The molecule has 0 aromatic heterocycles. The standard InChI is InChI=1S/C16H25ClN2O3S/c1-6-7-12(3)18-16(20)13(4)19(23(5,21)22)15-10-14(17)9-8-11(15)2/h8-10,12-13H,6-7H2,1-5H3,(H,18,20)/t12-,13+/m0/s1. The third kappa shape index (κ3) is 5.39. The highest BCUT2D eigenvalue weighted by molar-refractivity contribution is 7.92. The molecule has 0 unspecified atom stereocenters. The zero-order valence-corrected chi connectivity index (χ0v) is 15.8. The molecule has 130 valence electrons. The molecule has 1 aromatic rings. The van der Waals surface area contributed by atoms with E-state index >= 15 is 0 Å². The highest BCUT2D eigenvalue weighted by Gasteiger charge is 2.30. The van der Waals surface area contributed by atoms with Crippen molar-refractivity contribution in [2.24, 2.45) is 0 Å². The lowest BCUT2D eigenvalue weighted by molar-refractivity contribution is -0.122. The summed E-state index contributed by atoms with van der Waals surface area (Å²) < 4.78 is 25.6. The van der Waals surface area contributed by atoms with Gasteiger partial charge in [-0.1, -0.05) is 31.0 Å². The Hall–Kier alpha value is -1.27. The molecule has 1 amide bonds. The summed E-state index contributed by atoms with van der Waals surface area (Å²) in [6.45, 7) is 7.30. The number of carbonyl (C=O) groups is 1. The van der Waals surface area contributed by atoms with Crippen LogP contribution < -0.4 is 9.62 Å². The molecule has 0 saturated carbocycles. The summed E-state index contributed by atoms with van der Waals surface area (Å²) in [5.74, 6) is -0.323. The second kappa shape index (κ2) is 8.02. The van der Waals surface area contributed by atoms with Gasteiger partial charge in [0.1, 0.15) is 6.04 Å². The third-order valence-corrected chi connectivity index (χ3v) is 5.07. The molecule has 0 saturated heterocycles. The number of hydrogen-bond acceptors (Lipinski definition) is 3. The average Bonchev–Trinajstić information content (AvgIpc) is 2.41. The predicted octanol–water partition coefficient (Wildman–Crippen LogP) is 3.11. The van der Waals surface area contributed by atoms with Crippen molar-refractivity contribution in [1.29, 1.82) is 0 Å². The number of sulfonamides is 1. The maximum atomic E-state index is 12.4. The number of benzene rings is 1. The minimum Gasteiger partial charge on any atom is -0.352 e. The summed E-state index contributed by atoms with van der Waals surface area (Å²) in [6.07, 6.45) is 2.87. The zero-order chi connectivity index (χ0) is 17.8. The van der Waals surface area contributed by atoms with E-state index in [1.807, 2.05) is 13.8 Å². The first-order valence-electron chi connectivity index (χ1n) is 7.63. The Balaban J connectivity index is 3.17. The van der Waals surface area contributed by atoms with Gasteiger partial charge in [0.15, 0.2) is 0 Å². The Morgan fingerprint density at radius 3 is 2.48 bits per heavy atom. The molecule has 5 nitrogen and oxygen atoms in total. The van der Waals surface area contributed by atoms with Crippen LogP contribution in [0.5, 0.6) is 0 Å². The summed E-state index contributed by atoms with van der Waals surface area (Å²) in [5.41, 5.74) is 1.16. The molecular weight excluding hydrogens is 336 g/mol. The molecule has 2 atom stereocenters. The van der Waals surface area contributed by atoms with E-state index in [1.165, 1.54) is 0 Å². The van der Waals surface area contributed by atoms with Crippen molar-refractivity contribution in [2.45, 2.75) is 52.6 Å². The number of rotatable bonds is 7. The van der Waals surface area contributed by atoms with E-state index in [4.69, 9.17) is 11.6 Å². The molecular formula is C16H25ClN2O3S. The van der Waals surface area contributed by atoms with E-state index in [1.54, 1.807) is 32.0 Å². The topological polar surface area (TPSA) is 66.5 Å². The fraction of sp³-hybridized carbons (Fsp3) is 0.562. The van der Waals surface area contributed by atoms with Crippen LogP contribution in [0.2, 0.25) is 5.02 Å². The minimum absolute atomic E-state index is 0.00295. The first kappa shape index (κ1) is 19.8.